The van der Waals surface area contributed by atoms with Gasteiger partial charge in [0, 0.05) is 23.4 Å². The fourth-order valence-corrected chi connectivity index (χ4v) is 3.74. The van der Waals surface area contributed by atoms with Crippen molar-refractivity contribution in [2.75, 3.05) is 5.73 Å². The predicted molar refractivity (Wildman–Crippen MR) is 116 cm³/mol. The molecule has 0 fully saturated rings. The summed E-state index contributed by atoms with van der Waals surface area (Å²) in [6, 6.07) is 16.5. The van der Waals surface area contributed by atoms with Gasteiger partial charge in [-0.3, -0.25) is 9.78 Å². The molecule has 0 aliphatic heterocycles. The van der Waals surface area contributed by atoms with Crippen LogP contribution >= 0.6 is 0 Å². The van der Waals surface area contributed by atoms with Crippen molar-refractivity contribution in [3.8, 4) is 0 Å². The summed E-state index contributed by atoms with van der Waals surface area (Å²) in [4.78, 5) is 19.7. The van der Waals surface area contributed by atoms with Crippen molar-refractivity contribution in [3.05, 3.63) is 77.0 Å². The maximum absolute atomic E-state index is 10.7. The van der Waals surface area contributed by atoms with E-state index in [0.717, 1.165) is 45.8 Å². The first-order valence-electron chi connectivity index (χ1n) is 9.74. The third-order valence-corrected chi connectivity index (χ3v) is 5.28. The largest absolute Gasteiger partial charge is 0.481 e. The van der Waals surface area contributed by atoms with Gasteiger partial charge in [0.25, 0.3) is 0 Å². The van der Waals surface area contributed by atoms with Crippen LogP contribution in [0.25, 0.3) is 21.8 Å². The molecule has 0 spiro atoms. The number of nitrogen functional groups attached to an aromatic ring is 1. The molecule has 3 N–H and O–H groups in total. The van der Waals surface area contributed by atoms with Crippen LogP contribution in [0.4, 0.5) is 5.82 Å². The number of carboxylic acid groups (broad SMARTS) is 1. The van der Waals surface area contributed by atoms with E-state index in [1.807, 2.05) is 19.1 Å². The second kappa shape index (κ2) is 7.87. The zero-order valence-corrected chi connectivity index (χ0v) is 16.4. The Hall–Kier alpha value is -3.47. The molecule has 0 aliphatic rings. The molecule has 4 rings (SSSR count). The SMILES string of the molecule is Cc1ccc2c(c1)nc(N)c1nccc(CCc3ccc(CCC(=O)O)cc3)c12. The molecule has 0 aliphatic carbocycles. The molecule has 0 amide bonds. The van der Waals surface area contributed by atoms with Gasteiger partial charge >= 0.3 is 5.97 Å². The van der Waals surface area contributed by atoms with Crippen LogP contribution in [0.2, 0.25) is 0 Å². The van der Waals surface area contributed by atoms with E-state index in [0.29, 0.717) is 12.2 Å². The number of aliphatic carboxylic acids is 1. The quantitative estimate of drug-likeness (QED) is 0.478. The highest BCUT2D eigenvalue weighted by Gasteiger charge is 2.12. The molecule has 0 saturated heterocycles. The summed E-state index contributed by atoms with van der Waals surface area (Å²) >= 11 is 0. The van der Waals surface area contributed by atoms with Gasteiger partial charge in [-0.15, -0.1) is 0 Å². The number of aryl methyl sites for hydroxylation is 4. The van der Waals surface area contributed by atoms with Crippen molar-refractivity contribution >= 4 is 33.6 Å². The molecule has 2 aromatic heterocycles. The third kappa shape index (κ3) is 4.04. The van der Waals surface area contributed by atoms with Crippen molar-refractivity contribution in [1.29, 1.82) is 0 Å². The number of fused-ring (bicyclic) bond motifs is 3. The normalized spacial score (nSPS) is 11.2. The highest BCUT2D eigenvalue weighted by atomic mass is 16.4. The van der Waals surface area contributed by atoms with Crippen LogP contribution in [0, 0.1) is 6.92 Å². The predicted octanol–water partition coefficient (Wildman–Crippen LogP) is 4.48. The fourth-order valence-electron chi connectivity index (χ4n) is 3.74. The zero-order chi connectivity index (χ0) is 20.4. The number of pyridine rings is 2. The molecule has 4 aromatic rings. The number of aromatic nitrogens is 2. The average molecular weight is 385 g/mol. The molecule has 0 atom stereocenters. The second-order valence-corrected chi connectivity index (χ2v) is 7.42. The lowest BCUT2D eigenvalue weighted by Crippen LogP contribution is -2.00. The van der Waals surface area contributed by atoms with Crippen molar-refractivity contribution in [2.45, 2.75) is 32.6 Å². The van der Waals surface area contributed by atoms with Crippen LogP contribution in [0.15, 0.2) is 54.7 Å². The summed E-state index contributed by atoms with van der Waals surface area (Å²) in [6.45, 7) is 2.05. The number of carbonyl (C=O) groups is 1. The van der Waals surface area contributed by atoms with Gasteiger partial charge in [-0.05, 0) is 60.6 Å². The summed E-state index contributed by atoms with van der Waals surface area (Å²) in [5.41, 5.74) is 12.5. The van der Waals surface area contributed by atoms with E-state index in [1.165, 1.54) is 11.1 Å². The van der Waals surface area contributed by atoms with E-state index in [9.17, 15) is 4.79 Å². The second-order valence-electron chi connectivity index (χ2n) is 7.42. The van der Waals surface area contributed by atoms with Gasteiger partial charge in [0.1, 0.15) is 5.52 Å². The standard InChI is InChI=1S/C24H23N3O2/c1-15-2-10-19-20(14-15)27-24(25)23-22(19)18(12-13-26-23)9-7-16-3-5-17(6-4-16)8-11-21(28)29/h2-6,10,12-14H,7-9,11H2,1H3,(H2,25,27)(H,28,29). The highest BCUT2D eigenvalue weighted by Crippen LogP contribution is 2.30. The van der Waals surface area contributed by atoms with Gasteiger partial charge in [-0.1, -0.05) is 36.4 Å². The minimum absolute atomic E-state index is 0.157. The van der Waals surface area contributed by atoms with Crippen LogP contribution in [-0.4, -0.2) is 21.0 Å². The smallest absolute Gasteiger partial charge is 0.303 e. The van der Waals surface area contributed by atoms with E-state index in [1.54, 1.807) is 6.20 Å². The lowest BCUT2D eigenvalue weighted by atomic mass is 9.97. The summed E-state index contributed by atoms with van der Waals surface area (Å²) in [7, 11) is 0. The Morgan fingerprint density at radius 2 is 1.72 bits per heavy atom. The van der Waals surface area contributed by atoms with Gasteiger partial charge < -0.3 is 10.8 Å². The highest BCUT2D eigenvalue weighted by molar-refractivity contribution is 6.09. The lowest BCUT2D eigenvalue weighted by molar-refractivity contribution is -0.136. The Morgan fingerprint density at radius 3 is 2.45 bits per heavy atom. The molecular weight excluding hydrogens is 362 g/mol. The molecule has 0 radical (unpaired) electrons. The first-order valence-corrected chi connectivity index (χ1v) is 9.74. The van der Waals surface area contributed by atoms with Crippen LogP contribution in [0.3, 0.4) is 0 Å². The monoisotopic (exact) mass is 385 g/mol. The zero-order valence-electron chi connectivity index (χ0n) is 16.4. The molecule has 0 unspecified atom stereocenters. The van der Waals surface area contributed by atoms with E-state index in [2.05, 4.69) is 46.4 Å². The molecule has 146 valence electrons. The molecule has 2 aromatic carbocycles. The maximum Gasteiger partial charge on any atom is 0.303 e. The fraction of sp³-hybridized carbons (Fsp3) is 0.208. The molecular formula is C24H23N3O2. The number of nitrogens with two attached hydrogens (primary N) is 1. The summed E-state index contributed by atoms with van der Waals surface area (Å²) in [6.07, 6.45) is 4.26. The molecule has 2 heterocycles. The van der Waals surface area contributed by atoms with Gasteiger partial charge in [0.15, 0.2) is 5.82 Å². The number of anilines is 1. The van der Waals surface area contributed by atoms with Crippen molar-refractivity contribution in [2.24, 2.45) is 0 Å². The number of carboxylic acids is 1. The maximum atomic E-state index is 10.7. The molecule has 5 heteroatoms. The van der Waals surface area contributed by atoms with Gasteiger partial charge in [-0.2, -0.15) is 0 Å². The minimum Gasteiger partial charge on any atom is -0.481 e. The van der Waals surface area contributed by atoms with Crippen molar-refractivity contribution in [3.63, 3.8) is 0 Å². The Bertz CT molecular complexity index is 1200. The average Bonchev–Trinajstić information content (AvgIpc) is 2.71. The van der Waals surface area contributed by atoms with Gasteiger partial charge in [-0.25, -0.2) is 4.98 Å². The summed E-state index contributed by atoms with van der Waals surface area (Å²) in [5.74, 6) is -0.308. The summed E-state index contributed by atoms with van der Waals surface area (Å²) < 4.78 is 0. The molecule has 29 heavy (non-hydrogen) atoms. The van der Waals surface area contributed by atoms with Gasteiger partial charge in [0.2, 0.25) is 0 Å². The van der Waals surface area contributed by atoms with E-state index < -0.39 is 5.97 Å². The van der Waals surface area contributed by atoms with E-state index in [4.69, 9.17) is 10.8 Å². The number of hydrogen-bond acceptors (Lipinski definition) is 4. The summed E-state index contributed by atoms with van der Waals surface area (Å²) in [5, 5.41) is 11.0. The number of nitrogens with zero attached hydrogens (tertiary/aromatic N) is 2. The van der Waals surface area contributed by atoms with E-state index >= 15 is 0 Å². The topological polar surface area (TPSA) is 89.1 Å². The Balaban J connectivity index is 1.63. The van der Waals surface area contributed by atoms with E-state index in [-0.39, 0.29) is 6.42 Å². The molecule has 0 saturated carbocycles. The first-order chi connectivity index (χ1) is 14.0. The molecule has 0 bridgehead atoms. The van der Waals surface area contributed by atoms with Crippen LogP contribution < -0.4 is 5.73 Å². The van der Waals surface area contributed by atoms with Crippen molar-refractivity contribution in [1.82, 2.24) is 9.97 Å². The lowest BCUT2D eigenvalue weighted by Gasteiger charge is -2.11. The Morgan fingerprint density at radius 1 is 1.00 bits per heavy atom. The van der Waals surface area contributed by atoms with Crippen LogP contribution in [-0.2, 0) is 24.1 Å². The number of hydrogen-bond donors (Lipinski definition) is 2. The third-order valence-electron chi connectivity index (χ3n) is 5.28. The van der Waals surface area contributed by atoms with Gasteiger partial charge in [0.05, 0.1) is 5.52 Å². The molecule has 5 nitrogen and oxygen atoms in total. The van der Waals surface area contributed by atoms with Crippen molar-refractivity contribution < 1.29 is 9.90 Å². The first kappa shape index (κ1) is 18.9. The van der Waals surface area contributed by atoms with Crippen LogP contribution in [0.1, 0.15) is 28.7 Å². The number of benzene rings is 2. The Kier molecular flexibility index (Phi) is 5.12. The van der Waals surface area contributed by atoms with Crippen LogP contribution in [0.5, 0.6) is 0 Å². The number of rotatable bonds is 6. The Labute approximate surface area is 169 Å². The minimum atomic E-state index is -0.769.